The Hall–Kier alpha value is -1.56. The lowest BCUT2D eigenvalue weighted by Crippen LogP contribution is -2.45. The molecule has 1 amide bonds. The highest BCUT2D eigenvalue weighted by molar-refractivity contribution is 5.67. The summed E-state index contributed by atoms with van der Waals surface area (Å²) in [7, 11) is 0. The largest absolute Gasteiger partial charge is 0.450 e. The number of carbonyl (C=O) groups is 1. The minimum absolute atomic E-state index is 0.186. The lowest BCUT2D eigenvalue weighted by atomic mass is 10.1. The fourth-order valence-electron chi connectivity index (χ4n) is 2.66. The van der Waals surface area contributed by atoms with E-state index in [9.17, 15) is 4.79 Å². The van der Waals surface area contributed by atoms with E-state index in [0.29, 0.717) is 18.7 Å². The molecule has 1 N–H and O–H groups in total. The molecule has 0 aromatic carbocycles. The maximum Gasteiger partial charge on any atom is 0.409 e. The number of likely N-dealkylation sites (tertiary alicyclic amines) is 1. The van der Waals surface area contributed by atoms with E-state index in [1.54, 1.807) is 4.90 Å². The second-order valence-corrected chi connectivity index (χ2v) is 5.73. The van der Waals surface area contributed by atoms with Crippen molar-refractivity contribution in [3.8, 4) is 0 Å². The molecule has 6 nitrogen and oxygen atoms in total. The van der Waals surface area contributed by atoms with Crippen LogP contribution in [0.2, 0.25) is 0 Å². The first kappa shape index (κ1) is 15.8. The lowest BCUT2D eigenvalue weighted by Gasteiger charge is -2.31. The van der Waals surface area contributed by atoms with Crippen LogP contribution in [0.1, 0.15) is 45.3 Å². The first-order valence-corrected chi connectivity index (χ1v) is 7.77. The zero-order chi connectivity index (χ0) is 15.2. The van der Waals surface area contributed by atoms with Crippen LogP contribution in [-0.2, 0) is 11.3 Å². The summed E-state index contributed by atoms with van der Waals surface area (Å²) in [6, 6.07) is 0.876. The summed E-state index contributed by atoms with van der Waals surface area (Å²) in [5.41, 5.74) is 1.21. The van der Waals surface area contributed by atoms with Crippen molar-refractivity contribution in [2.24, 2.45) is 0 Å². The third kappa shape index (κ3) is 4.20. The third-order valence-corrected chi connectivity index (χ3v) is 3.90. The van der Waals surface area contributed by atoms with Crippen LogP contribution in [0.25, 0.3) is 0 Å². The number of hydrogen-bond donors (Lipinski definition) is 1. The molecule has 1 aromatic rings. The summed E-state index contributed by atoms with van der Waals surface area (Å²) in [5, 5.41) is 3.57. The summed E-state index contributed by atoms with van der Waals surface area (Å²) < 4.78 is 7.21. The van der Waals surface area contributed by atoms with Gasteiger partial charge in [-0.15, -0.1) is 0 Å². The van der Waals surface area contributed by atoms with Gasteiger partial charge in [-0.3, -0.25) is 0 Å². The number of ether oxygens (including phenoxy) is 1. The Morgan fingerprint density at radius 2 is 2.19 bits per heavy atom. The molecular weight excluding hydrogens is 268 g/mol. The van der Waals surface area contributed by atoms with Crippen molar-refractivity contribution in [3.05, 3.63) is 18.2 Å². The molecule has 0 unspecified atom stereocenters. The van der Waals surface area contributed by atoms with E-state index in [2.05, 4.69) is 28.7 Å². The SMILES string of the molecule is CCOC(=O)N1CCC(NCc2cncn2C(C)C)CC1. The van der Waals surface area contributed by atoms with Gasteiger partial charge in [-0.1, -0.05) is 0 Å². The van der Waals surface area contributed by atoms with Crippen molar-refractivity contribution < 1.29 is 9.53 Å². The first-order chi connectivity index (χ1) is 10.1. The van der Waals surface area contributed by atoms with Gasteiger partial charge in [0.05, 0.1) is 18.6 Å². The number of hydrogen-bond acceptors (Lipinski definition) is 4. The Bertz CT molecular complexity index is 450. The second kappa shape index (κ2) is 7.45. The molecule has 1 aliphatic heterocycles. The van der Waals surface area contributed by atoms with Gasteiger partial charge < -0.3 is 19.5 Å². The zero-order valence-electron chi connectivity index (χ0n) is 13.2. The Morgan fingerprint density at radius 1 is 1.48 bits per heavy atom. The van der Waals surface area contributed by atoms with Crippen molar-refractivity contribution in [3.63, 3.8) is 0 Å². The monoisotopic (exact) mass is 294 g/mol. The fraction of sp³-hybridized carbons (Fsp3) is 0.733. The minimum atomic E-state index is -0.186. The molecule has 0 bridgehead atoms. The van der Waals surface area contributed by atoms with Gasteiger partial charge in [0.25, 0.3) is 0 Å². The quantitative estimate of drug-likeness (QED) is 0.904. The standard InChI is InChI=1S/C15H26N4O2/c1-4-21-15(20)18-7-5-13(6-8-18)17-10-14-9-16-11-19(14)12(2)3/h9,11-13,17H,4-8,10H2,1-3H3. The van der Waals surface area contributed by atoms with Gasteiger partial charge in [0.1, 0.15) is 0 Å². The number of piperidine rings is 1. The fourth-order valence-corrected chi connectivity index (χ4v) is 2.66. The smallest absolute Gasteiger partial charge is 0.409 e. The Balaban J connectivity index is 1.76. The van der Waals surface area contributed by atoms with Crippen LogP contribution in [0.3, 0.4) is 0 Å². The number of nitrogens with zero attached hydrogens (tertiary/aromatic N) is 3. The van der Waals surface area contributed by atoms with Crippen LogP contribution < -0.4 is 5.32 Å². The van der Waals surface area contributed by atoms with Crippen LogP contribution in [0.5, 0.6) is 0 Å². The minimum Gasteiger partial charge on any atom is -0.450 e. The van der Waals surface area contributed by atoms with Gasteiger partial charge in [0, 0.05) is 37.9 Å². The van der Waals surface area contributed by atoms with E-state index in [-0.39, 0.29) is 6.09 Å². The van der Waals surface area contributed by atoms with Crippen molar-refractivity contribution in [1.29, 1.82) is 0 Å². The molecule has 1 aromatic heterocycles. The number of carbonyl (C=O) groups excluding carboxylic acids is 1. The third-order valence-electron chi connectivity index (χ3n) is 3.90. The molecule has 21 heavy (non-hydrogen) atoms. The van der Waals surface area contributed by atoms with Crippen LogP contribution in [0, 0.1) is 0 Å². The summed E-state index contributed by atoms with van der Waals surface area (Å²) >= 11 is 0. The normalized spacial score (nSPS) is 16.5. The molecule has 118 valence electrons. The molecule has 1 aliphatic rings. The summed E-state index contributed by atoms with van der Waals surface area (Å²) in [6.07, 6.45) is 5.54. The second-order valence-electron chi connectivity index (χ2n) is 5.73. The molecule has 6 heteroatoms. The van der Waals surface area contributed by atoms with E-state index >= 15 is 0 Å². The average Bonchev–Trinajstić information content (AvgIpc) is 2.94. The number of amides is 1. The maximum atomic E-state index is 11.6. The molecule has 1 fully saturated rings. The van der Waals surface area contributed by atoms with Crippen molar-refractivity contribution in [2.45, 2.75) is 52.2 Å². The van der Waals surface area contributed by atoms with Crippen molar-refractivity contribution in [2.75, 3.05) is 19.7 Å². The summed E-state index contributed by atoms with van der Waals surface area (Å²) in [6.45, 7) is 8.94. The van der Waals surface area contributed by atoms with Crippen molar-refractivity contribution >= 4 is 6.09 Å². The van der Waals surface area contributed by atoms with Crippen molar-refractivity contribution in [1.82, 2.24) is 19.8 Å². The number of imidazole rings is 1. The molecule has 0 spiro atoms. The van der Waals surface area contributed by atoms with E-state index in [0.717, 1.165) is 32.5 Å². The van der Waals surface area contributed by atoms with E-state index < -0.39 is 0 Å². The Labute approximate surface area is 126 Å². The Morgan fingerprint density at radius 3 is 2.81 bits per heavy atom. The predicted molar refractivity (Wildman–Crippen MR) is 81.1 cm³/mol. The molecule has 0 saturated carbocycles. The number of nitrogens with one attached hydrogen (secondary N) is 1. The van der Waals surface area contributed by atoms with Crippen LogP contribution in [0.4, 0.5) is 4.79 Å². The molecule has 1 saturated heterocycles. The van der Waals surface area contributed by atoms with Gasteiger partial charge in [-0.2, -0.15) is 0 Å². The van der Waals surface area contributed by atoms with Gasteiger partial charge in [-0.05, 0) is 33.6 Å². The number of aromatic nitrogens is 2. The molecule has 2 heterocycles. The van der Waals surface area contributed by atoms with Crippen LogP contribution in [-0.4, -0.2) is 46.3 Å². The highest BCUT2D eigenvalue weighted by Gasteiger charge is 2.23. The Kier molecular flexibility index (Phi) is 5.61. The zero-order valence-corrected chi connectivity index (χ0v) is 13.2. The van der Waals surface area contributed by atoms with Gasteiger partial charge >= 0.3 is 6.09 Å². The highest BCUT2D eigenvalue weighted by Crippen LogP contribution is 2.13. The van der Waals surface area contributed by atoms with E-state index in [4.69, 9.17) is 4.74 Å². The molecular formula is C15H26N4O2. The van der Waals surface area contributed by atoms with Gasteiger partial charge in [-0.25, -0.2) is 9.78 Å². The molecule has 2 rings (SSSR count). The molecule has 0 atom stereocenters. The predicted octanol–water partition coefficient (Wildman–Crippen LogP) is 2.17. The average molecular weight is 294 g/mol. The molecule has 0 aliphatic carbocycles. The van der Waals surface area contributed by atoms with Gasteiger partial charge in [0.15, 0.2) is 0 Å². The van der Waals surface area contributed by atoms with E-state index in [1.807, 2.05) is 19.4 Å². The van der Waals surface area contributed by atoms with Crippen LogP contribution >= 0.6 is 0 Å². The first-order valence-electron chi connectivity index (χ1n) is 7.77. The maximum absolute atomic E-state index is 11.6. The topological polar surface area (TPSA) is 59.4 Å². The summed E-state index contributed by atoms with van der Waals surface area (Å²) in [4.78, 5) is 17.6. The van der Waals surface area contributed by atoms with Gasteiger partial charge in [0.2, 0.25) is 0 Å². The number of rotatable bonds is 5. The summed E-state index contributed by atoms with van der Waals surface area (Å²) in [5.74, 6) is 0. The molecule has 0 radical (unpaired) electrons. The highest BCUT2D eigenvalue weighted by atomic mass is 16.6. The van der Waals surface area contributed by atoms with E-state index in [1.165, 1.54) is 5.69 Å². The lowest BCUT2D eigenvalue weighted by molar-refractivity contribution is 0.0949. The van der Waals surface area contributed by atoms with Crippen LogP contribution in [0.15, 0.2) is 12.5 Å².